The minimum atomic E-state index is -0.683. The maximum absolute atomic E-state index is 13.7. The maximum Gasteiger partial charge on any atom is 0.264 e. The largest absolute Gasteiger partial charge is 0.506 e. The van der Waals surface area contributed by atoms with Crippen LogP contribution in [0.15, 0.2) is 47.3 Å². The molecule has 1 aliphatic heterocycles. The number of nitrogens with zero attached hydrogens (tertiary/aromatic N) is 1. The van der Waals surface area contributed by atoms with Crippen LogP contribution in [0.4, 0.5) is 4.39 Å². The van der Waals surface area contributed by atoms with Crippen LogP contribution < -0.4 is 20.3 Å². The summed E-state index contributed by atoms with van der Waals surface area (Å²) in [6.07, 6.45) is 0.625. The number of aromatic hydroxyl groups is 1. The van der Waals surface area contributed by atoms with Crippen molar-refractivity contribution in [1.29, 1.82) is 0 Å². The van der Waals surface area contributed by atoms with Crippen LogP contribution in [0.5, 0.6) is 17.2 Å². The molecule has 1 fully saturated rings. The zero-order chi connectivity index (χ0) is 25.8. The van der Waals surface area contributed by atoms with Gasteiger partial charge in [0.05, 0.1) is 25.3 Å². The van der Waals surface area contributed by atoms with E-state index in [9.17, 15) is 19.1 Å². The lowest BCUT2D eigenvalue weighted by Gasteiger charge is -2.21. The van der Waals surface area contributed by atoms with Gasteiger partial charge in [-0.25, -0.2) is 4.39 Å². The van der Waals surface area contributed by atoms with E-state index in [2.05, 4.69) is 10.3 Å². The quantitative estimate of drug-likeness (QED) is 0.441. The molecule has 9 heteroatoms. The Hall–Kier alpha value is -3.85. The zero-order valence-electron chi connectivity index (χ0n) is 20.6. The SMILES string of the molecule is CCNCc1[nH]c(=O)c(C(=O)N2CCC(c3cccc(F)c3)C2)c(O)c1-c1c(OC)cccc1OC. The second-order valence-corrected chi connectivity index (χ2v) is 8.64. The normalized spacial score (nSPS) is 15.2. The van der Waals surface area contributed by atoms with Crippen molar-refractivity contribution in [3.05, 3.63) is 75.5 Å². The molecule has 1 saturated heterocycles. The Balaban J connectivity index is 1.79. The Labute approximate surface area is 208 Å². The molecular formula is C27H30FN3O5. The van der Waals surface area contributed by atoms with Crippen molar-refractivity contribution in [3.8, 4) is 28.4 Å². The lowest BCUT2D eigenvalue weighted by atomic mass is 9.97. The number of amides is 1. The molecule has 0 spiro atoms. The van der Waals surface area contributed by atoms with E-state index in [-0.39, 0.29) is 29.4 Å². The molecule has 1 aromatic heterocycles. The Morgan fingerprint density at radius 3 is 2.50 bits per heavy atom. The molecule has 2 aromatic carbocycles. The highest BCUT2D eigenvalue weighted by atomic mass is 19.1. The molecule has 1 unspecified atom stereocenters. The number of methoxy groups -OCH3 is 2. The van der Waals surface area contributed by atoms with E-state index < -0.39 is 17.2 Å². The van der Waals surface area contributed by atoms with Gasteiger partial charge in [-0.1, -0.05) is 25.1 Å². The third-order valence-electron chi connectivity index (χ3n) is 6.51. The summed E-state index contributed by atoms with van der Waals surface area (Å²) >= 11 is 0. The van der Waals surface area contributed by atoms with Gasteiger partial charge >= 0.3 is 0 Å². The van der Waals surface area contributed by atoms with Crippen LogP contribution in [0, 0.1) is 5.82 Å². The van der Waals surface area contributed by atoms with E-state index in [1.165, 1.54) is 31.3 Å². The number of ether oxygens (including phenoxy) is 2. The number of hydrogen-bond acceptors (Lipinski definition) is 6. The highest BCUT2D eigenvalue weighted by Crippen LogP contribution is 2.44. The molecule has 2 heterocycles. The summed E-state index contributed by atoms with van der Waals surface area (Å²) in [4.78, 5) is 31.0. The summed E-state index contributed by atoms with van der Waals surface area (Å²) in [5, 5.41) is 14.6. The van der Waals surface area contributed by atoms with Crippen molar-refractivity contribution in [3.63, 3.8) is 0 Å². The number of benzene rings is 2. The van der Waals surface area contributed by atoms with Crippen molar-refractivity contribution in [2.45, 2.75) is 25.8 Å². The van der Waals surface area contributed by atoms with Crippen molar-refractivity contribution in [2.75, 3.05) is 33.9 Å². The third-order valence-corrected chi connectivity index (χ3v) is 6.51. The minimum absolute atomic E-state index is 0.0623. The first-order valence-electron chi connectivity index (χ1n) is 11.8. The smallest absolute Gasteiger partial charge is 0.264 e. The molecule has 3 N–H and O–H groups in total. The van der Waals surface area contributed by atoms with Crippen molar-refractivity contribution >= 4 is 5.91 Å². The summed E-state index contributed by atoms with van der Waals surface area (Å²) in [7, 11) is 2.99. The lowest BCUT2D eigenvalue weighted by Crippen LogP contribution is -2.34. The number of aromatic nitrogens is 1. The Bertz CT molecular complexity index is 1300. The second kappa shape index (κ2) is 10.8. The van der Waals surface area contributed by atoms with Gasteiger partial charge in [0.15, 0.2) is 0 Å². The fourth-order valence-electron chi connectivity index (χ4n) is 4.72. The number of halogens is 1. The van der Waals surface area contributed by atoms with Gasteiger partial charge in [0.25, 0.3) is 11.5 Å². The fraction of sp³-hybridized carbons (Fsp3) is 0.333. The molecule has 36 heavy (non-hydrogen) atoms. The number of carbonyl (C=O) groups excluding carboxylic acids is 1. The first-order valence-corrected chi connectivity index (χ1v) is 11.8. The number of hydrogen-bond donors (Lipinski definition) is 3. The van der Waals surface area contributed by atoms with Gasteiger partial charge in [-0.3, -0.25) is 9.59 Å². The highest BCUT2D eigenvalue weighted by molar-refractivity contribution is 6.00. The summed E-state index contributed by atoms with van der Waals surface area (Å²) in [5.74, 6) is -0.586. The van der Waals surface area contributed by atoms with Crippen LogP contribution in [0.3, 0.4) is 0 Å². The predicted molar refractivity (Wildman–Crippen MR) is 134 cm³/mol. The Morgan fingerprint density at radius 1 is 1.17 bits per heavy atom. The van der Waals surface area contributed by atoms with Gasteiger partial charge in [-0.2, -0.15) is 0 Å². The molecule has 0 bridgehead atoms. The highest BCUT2D eigenvalue weighted by Gasteiger charge is 2.33. The molecule has 1 amide bonds. The minimum Gasteiger partial charge on any atom is -0.506 e. The van der Waals surface area contributed by atoms with Crippen LogP contribution in [0.25, 0.3) is 11.1 Å². The molecular weight excluding hydrogens is 465 g/mol. The van der Waals surface area contributed by atoms with Crippen LogP contribution in [-0.2, 0) is 6.54 Å². The van der Waals surface area contributed by atoms with Crippen molar-refractivity contribution < 1.29 is 23.8 Å². The molecule has 1 atom stereocenters. The van der Waals surface area contributed by atoms with E-state index in [0.717, 1.165) is 5.56 Å². The molecule has 0 radical (unpaired) electrons. The number of likely N-dealkylation sites (tertiary alicyclic amines) is 1. The first-order chi connectivity index (χ1) is 17.4. The van der Waals surface area contributed by atoms with Gasteiger partial charge in [0, 0.05) is 31.2 Å². The van der Waals surface area contributed by atoms with Crippen LogP contribution in [-0.4, -0.2) is 54.8 Å². The molecule has 8 nitrogen and oxygen atoms in total. The van der Waals surface area contributed by atoms with E-state index in [1.807, 2.05) is 13.0 Å². The molecule has 4 rings (SSSR count). The lowest BCUT2D eigenvalue weighted by molar-refractivity contribution is 0.0786. The van der Waals surface area contributed by atoms with Gasteiger partial charge in [-0.05, 0) is 42.8 Å². The number of carbonyl (C=O) groups is 1. The van der Waals surface area contributed by atoms with E-state index in [4.69, 9.17) is 9.47 Å². The van der Waals surface area contributed by atoms with Crippen LogP contribution >= 0.6 is 0 Å². The number of pyridine rings is 1. The fourth-order valence-corrected chi connectivity index (χ4v) is 4.72. The van der Waals surface area contributed by atoms with E-state index in [1.54, 1.807) is 24.3 Å². The standard InChI is InChI=1S/C27H30FN3O5/c1-4-29-14-19-22(23-20(35-2)9-6-10-21(23)36-3)25(32)24(26(33)30-19)27(34)31-12-11-17(15-31)16-7-5-8-18(28)13-16/h5-10,13,17,29H,4,11-12,14-15H2,1-3H3,(H2,30,32,33). The van der Waals surface area contributed by atoms with Gasteiger partial charge in [0.2, 0.25) is 0 Å². The van der Waals surface area contributed by atoms with E-state index >= 15 is 0 Å². The molecule has 0 aliphatic carbocycles. The third kappa shape index (κ3) is 4.79. The molecule has 0 saturated carbocycles. The topological polar surface area (TPSA) is 104 Å². The summed E-state index contributed by atoms with van der Waals surface area (Å²) in [6, 6.07) is 11.5. The van der Waals surface area contributed by atoms with E-state index in [0.29, 0.717) is 48.8 Å². The summed E-state index contributed by atoms with van der Waals surface area (Å²) in [6.45, 7) is 3.48. The maximum atomic E-state index is 13.7. The monoisotopic (exact) mass is 495 g/mol. The number of rotatable bonds is 8. The predicted octanol–water partition coefficient (Wildman–Crippen LogP) is 3.64. The van der Waals surface area contributed by atoms with Crippen LogP contribution in [0.2, 0.25) is 0 Å². The molecule has 190 valence electrons. The average Bonchev–Trinajstić information content (AvgIpc) is 3.37. The van der Waals surface area contributed by atoms with Gasteiger partial charge in [-0.15, -0.1) is 0 Å². The van der Waals surface area contributed by atoms with Crippen molar-refractivity contribution in [2.24, 2.45) is 0 Å². The van der Waals surface area contributed by atoms with Gasteiger partial charge < -0.3 is 29.8 Å². The number of H-pyrrole nitrogens is 1. The number of aromatic amines is 1. The zero-order valence-corrected chi connectivity index (χ0v) is 20.6. The molecule has 1 aliphatic rings. The van der Waals surface area contributed by atoms with Crippen LogP contribution in [0.1, 0.15) is 40.9 Å². The Kier molecular flexibility index (Phi) is 7.59. The van der Waals surface area contributed by atoms with Gasteiger partial charge in [0.1, 0.15) is 28.6 Å². The van der Waals surface area contributed by atoms with Crippen molar-refractivity contribution in [1.82, 2.24) is 15.2 Å². The second-order valence-electron chi connectivity index (χ2n) is 8.64. The summed E-state index contributed by atoms with van der Waals surface area (Å²) in [5.41, 5.74) is 0.850. The molecule has 3 aromatic rings. The Morgan fingerprint density at radius 2 is 1.86 bits per heavy atom. The summed E-state index contributed by atoms with van der Waals surface area (Å²) < 4.78 is 24.8. The first kappa shape index (κ1) is 25.2. The number of nitrogens with one attached hydrogen (secondary N) is 2. The average molecular weight is 496 g/mol.